The average molecular weight is 448 g/mol. The van der Waals surface area contributed by atoms with Crippen molar-refractivity contribution in [3.8, 4) is 0 Å². The van der Waals surface area contributed by atoms with E-state index in [9.17, 15) is 17.6 Å². The lowest BCUT2D eigenvalue weighted by molar-refractivity contribution is 0.0726. The summed E-state index contributed by atoms with van der Waals surface area (Å²) in [4.78, 5) is 14.5. The van der Waals surface area contributed by atoms with Crippen LogP contribution in [0, 0.1) is 5.82 Å². The van der Waals surface area contributed by atoms with E-state index < -0.39 is 20.7 Å². The number of fused-ring (bicyclic) bond motifs is 1. The molecule has 4 rings (SSSR count). The average Bonchev–Trinajstić information content (AvgIpc) is 3.32. The molecule has 2 aliphatic rings. The number of nitrogens with one attached hydrogen (secondary N) is 1. The molecule has 1 saturated heterocycles. The van der Waals surface area contributed by atoms with Gasteiger partial charge in [0.15, 0.2) is 5.82 Å². The Balaban J connectivity index is 1.63. The van der Waals surface area contributed by atoms with E-state index in [-0.39, 0.29) is 24.1 Å². The van der Waals surface area contributed by atoms with Crippen LogP contribution in [0.15, 0.2) is 35.7 Å². The fourth-order valence-electron chi connectivity index (χ4n) is 4.29. The number of aryl methyl sites for hydroxylation is 1. The Morgan fingerprint density at radius 1 is 1.23 bits per heavy atom. The van der Waals surface area contributed by atoms with Crippen LogP contribution >= 0.6 is 0 Å². The number of hydrogen-bond donors (Lipinski definition) is 1. The minimum atomic E-state index is -4.10. The zero-order valence-corrected chi connectivity index (χ0v) is 18.1. The van der Waals surface area contributed by atoms with Gasteiger partial charge >= 0.3 is 0 Å². The Morgan fingerprint density at radius 3 is 2.87 bits per heavy atom. The Labute approximate surface area is 181 Å². The molecule has 1 fully saturated rings. The van der Waals surface area contributed by atoms with Gasteiger partial charge in [0.05, 0.1) is 6.04 Å². The first-order valence-electron chi connectivity index (χ1n) is 10.6. The second-order valence-electron chi connectivity index (χ2n) is 7.88. The van der Waals surface area contributed by atoms with Crippen LogP contribution in [0.25, 0.3) is 0 Å². The monoisotopic (exact) mass is 447 g/mol. The fraction of sp³-hybridized carbons (Fsp3) is 0.476. The molecule has 166 valence electrons. The van der Waals surface area contributed by atoms with E-state index in [1.807, 2.05) is 0 Å². The number of rotatable bonds is 6. The van der Waals surface area contributed by atoms with Crippen molar-refractivity contribution in [2.24, 2.45) is 0 Å². The molecule has 1 aromatic carbocycles. The van der Waals surface area contributed by atoms with Crippen LogP contribution in [0.2, 0.25) is 0 Å². The first kappa shape index (κ1) is 21.6. The highest BCUT2D eigenvalue weighted by molar-refractivity contribution is 7.89. The van der Waals surface area contributed by atoms with Crippen molar-refractivity contribution in [2.75, 3.05) is 13.1 Å². The van der Waals surface area contributed by atoms with Crippen LogP contribution < -0.4 is 4.72 Å². The Bertz CT molecular complexity index is 1100. The normalized spacial score (nSPS) is 19.1. The van der Waals surface area contributed by atoms with Gasteiger partial charge in [-0.2, -0.15) is 0 Å². The smallest absolute Gasteiger partial charge is 0.254 e. The summed E-state index contributed by atoms with van der Waals surface area (Å²) in [5.41, 5.74) is 0.128. The van der Waals surface area contributed by atoms with Gasteiger partial charge in [-0.05, 0) is 43.9 Å². The lowest BCUT2D eigenvalue weighted by Crippen LogP contribution is -2.32. The number of sulfonamides is 1. The van der Waals surface area contributed by atoms with Gasteiger partial charge in [-0.3, -0.25) is 4.79 Å². The van der Waals surface area contributed by atoms with E-state index in [0.717, 1.165) is 68.9 Å². The molecule has 1 N–H and O–H groups in total. The number of halogens is 1. The first-order chi connectivity index (χ1) is 14.9. The zero-order chi connectivity index (χ0) is 22.0. The molecule has 0 radical (unpaired) electrons. The summed E-state index contributed by atoms with van der Waals surface area (Å²) < 4.78 is 43.5. The van der Waals surface area contributed by atoms with Crippen molar-refractivity contribution < 1.29 is 17.6 Å². The summed E-state index contributed by atoms with van der Waals surface area (Å²) in [5, 5.41) is 8.74. The van der Waals surface area contributed by atoms with Gasteiger partial charge in [0, 0.05) is 31.6 Å². The molecule has 0 spiro atoms. The van der Waals surface area contributed by atoms with Crippen molar-refractivity contribution in [1.82, 2.24) is 24.4 Å². The maximum atomic E-state index is 14.3. The van der Waals surface area contributed by atoms with E-state index in [0.29, 0.717) is 6.54 Å². The molecule has 1 unspecified atom stereocenters. The minimum Gasteiger partial charge on any atom is -0.328 e. The lowest BCUT2D eigenvalue weighted by Gasteiger charge is -2.25. The van der Waals surface area contributed by atoms with Crippen molar-refractivity contribution in [2.45, 2.75) is 56.0 Å². The lowest BCUT2D eigenvalue weighted by atomic mass is 10.1. The first-order valence-corrected chi connectivity index (χ1v) is 12.0. The standard InChI is InChI=1S/C21H26FN5O3S/c1-2-11-23-31(29,30)18-14-15(9-10-16(18)22)21(28)26-13-6-7-17(26)20-25-24-19-8-4-3-5-12-27(19)20/h2,9-10,14,17,23H,1,3-8,11-13H2. The number of hydrogen-bond acceptors (Lipinski definition) is 5. The van der Waals surface area contributed by atoms with Crippen LogP contribution in [0.4, 0.5) is 4.39 Å². The van der Waals surface area contributed by atoms with Gasteiger partial charge in [-0.15, -0.1) is 16.8 Å². The second-order valence-corrected chi connectivity index (χ2v) is 9.61. The minimum absolute atomic E-state index is 0.0356. The molecule has 31 heavy (non-hydrogen) atoms. The summed E-state index contributed by atoms with van der Waals surface area (Å²) in [6.45, 7) is 4.78. The van der Waals surface area contributed by atoms with Gasteiger partial charge in [0.25, 0.3) is 5.91 Å². The van der Waals surface area contributed by atoms with Crippen molar-refractivity contribution >= 4 is 15.9 Å². The molecule has 3 heterocycles. The fourth-order valence-corrected chi connectivity index (χ4v) is 5.39. The summed E-state index contributed by atoms with van der Waals surface area (Å²) in [7, 11) is -4.10. The quantitative estimate of drug-likeness (QED) is 0.687. The number of carbonyl (C=O) groups excluding carboxylic acids is 1. The molecular formula is C21H26FN5O3S. The molecule has 1 atom stereocenters. The molecule has 0 saturated carbocycles. The third-order valence-electron chi connectivity index (χ3n) is 5.84. The molecule has 0 bridgehead atoms. The predicted octanol–water partition coefficient (Wildman–Crippen LogP) is 2.59. The van der Waals surface area contributed by atoms with Gasteiger partial charge in [0.2, 0.25) is 10.0 Å². The number of carbonyl (C=O) groups is 1. The predicted molar refractivity (Wildman–Crippen MR) is 112 cm³/mol. The molecule has 10 heteroatoms. The van der Waals surface area contributed by atoms with Crippen LogP contribution in [0.1, 0.15) is 60.2 Å². The highest BCUT2D eigenvalue weighted by atomic mass is 32.2. The third kappa shape index (κ3) is 4.27. The van der Waals surface area contributed by atoms with E-state index in [4.69, 9.17) is 0 Å². The van der Waals surface area contributed by atoms with Crippen LogP contribution in [-0.4, -0.2) is 47.1 Å². The second kappa shape index (κ2) is 8.88. The number of likely N-dealkylation sites (tertiary alicyclic amines) is 1. The van der Waals surface area contributed by atoms with Crippen LogP contribution in [0.3, 0.4) is 0 Å². The summed E-state index contributed by atoms with van der Waals surface area (Å²) in [5.74, 6) is 0.489. The maximum Gasteiger partial charge on any atom is 0.254 e. The van der Waals surface area contributed by atoms with Crippen LogP contribution in [0.5, 0.6) is 0 Å². The summed E-state index contributed by atoms with van der Waals surface area (Å²) in [6.07, 6.45) is 7.09. The van der Waals surface area contributed by atoms with Crippen molar-refractivity contribution in [3.63, 3.8) is 0 Å². The molecular weight excluding hydrogens is 421 g/mol. The Hall–Kier alpha value is -2.59. The Morgan fingerprint density at radius 2 is 2.06 bits per heavy atom. The molecule has 2 aliphatic heterocycles. The van der Waals surface area contributed by atoms with Gasteiger partial charge in [-0.1, -0.05) is 12.5 Å². The van der Waals surface area contributed by atoms with E-state index in [1.54, 1.807) is 4.90 Å². The highest BCUT2D eigenvalue weighted by Crippen LogP contribution is 2.34. The van der Waals surface area contributed by atoms with Gasteiger partial charge < -0.3 is 9.47 Å². The van der Waals surface area contributed by atoms with E-state index in [1.165, 1.54) is 12.1 Å². The number of aromatic nitrogens is 3. The third-order valence-corrected chi connectivity index (χ3v) is 7.27. The zero-order valence-electron chi connectivity index (χ0n) is 17.3. The van der Waals surface area contributed by atoms with Crippen molar-refractivity contribution in [3.05, 3.63) is 53.9 Å². The Kier molecular flexibility index (Phi) is 6.19. The molecule has 8 nitrogen and oxygen atoms in total. The maximum absolute atomic E-state index is 14.3. The number of nitrogens with zero attached hydrogens (tertiary/aromatic N) is 4. The van der Waals surface area contributed by atoms with Crippen molar-refractivity contribution in [1.29, 1.82) is 0 Å². The molecule has 1 amide bonds. The largest absolute Gasteiger partial charge is 0.328 e. The number of benzene rings is 1. The summed E-state index contributed by atoms with van der Waals surface area (Å²) >= 11 is 0. The van der Waals surface area contributed by atoms with E-state index >= 15 is 0 Å². The summed E-state index contributed by atoms with van der Waals surface area (Å²) in [6, 6.07) is 3.21. The van der Waals surface area contributed by atoms with Gasteiger partial charge in [-0.25, -0.2) is 17.5 Å². The highest BCUT2D eigenvalue weighted by Gasteiger charge is 2.35. The SMILES string of the molecule is C=CCNS(=O)(=O)c1cc(C(=O)N2CCCC2c2nnc3n2CCCCC3)ccc1F. The number of amides is 1. The molecule has 1 aromatic heterocycles. The van der Waals surface area contributed by atoms with E-state index in [2.05, 4.69) is 26.1 Å². The molecule has 2 aromatic rings. The van der Waals surface area contributed by atoms with Crippen LogP contribution in [-0.2, 0) is 23.0 Å². The topological polar surface area (TPSA) is 97.2 Å². The van der Waals surface area contributed by atoms with Gasteiger partial charge in [0.1, 0.15) is 16.5 Å². The molecule has 0 aliphatic carbocycles.